The summed E-state index contributed by atoms with van der Waals surface area (Å²) in [6.07, 6.45) is 0. The standard InChI is InChI=1S/C7H7NOS/c8-6-1-3-7(4-2-6)10-5-9/h1-5H,8H2. The Morgan fingerprint density at radius 3 is 2.40 bits per heavy atom. The highest BCUT2D eigenvalue weighted by molar-refractivity contribution is 8.11. The minimum absolute atomic E-state index is 0.718. The summed E-state index contributed by atoms with van der Waals surface area (Å²) in [5, 5.41) is 0. The van der Waals surface area contributed by atoms with E-state index in [2.05, 4.69) is 0 Å². The molecule has 3 heteroatoms. The zero-order valence-electron chi connectivity index (χ0n) is 5.28. The number of rotatable bonds is 2. The SMILES string of the molecule is Nc1ccc(SC=O)cc1. The maximum Gasteiger partial charge on any atom is 0.180 e. The minimum Gasteiger partial charge on any atom is -0.399 e. The molecule has 0 aliphatic carbocycles. The Kier molecular flexibility index (Phi) is 2.34. The van der Waals surface area contributed by atoms with Crippen LogP contribution in [0.1, 0.15) is 0 Å². The minimum atomic E-state index is 0.718. The average molecular weight is 153 g/mol. The van der Waals surface area contributed by atoms with Crippen LogP contribution < -0.4 is 5.73 Å². The van der Waals surface area contributed by atoms with E-state index in [1.165, 1.54) is 0 Å². The van der Waals surface area contributed by atoms with E-state index in [0.29, 0.717) is 0 Å². The van der Waals surface area contributed by atoms with Gasteiger partial charge in [0.15, 0.2) is 5.62 Å². The molecule has 0 aliphatic rings. The van der Waals surface area contributed by atoms with Gasteiger partial charge in [-0.25, -0.2) is 0 Å². The van der Waals surface area contributed by atoms with E-state index in [-0.39, 0.29) is 0 Å². The second kappa shape index (κ2) is 3.27. The van der Waals surface area contributed by atoms with Crippen molar-refractivity contribution in [3.63, 3.8) is 0 Å². The van der Waals surface area contributed by atoms with Crippen LogP contribution in [0.3, 0.4) is 0 Å². The van der Waals surface area contributed by atoms with E-state index in [0.717, 1.165) is 28.0 Å². The van der Waals surface area contributed by atoms with Crippen molar-refractivity contribution in [2.24, 2.45) is 0 Å². The summed E-state index contributed by atoms with van der Waals surface area (Å²) in [5.41, 5.74) is 6.94. The highest BCUT2D eigenvalue weighted by Crippen LogP contribution is 2.15. The summed E-state index contributed by atoms with van der Waals surface area (Å²) < 4.78 is 0. The van der Waals surface area contributed by atoms with Gasteiger partial charge in [-0.15, -0.1) is 0 Å². The Balaban J connectivity index is 2.78. The fraction of sp³-hybridized carbons (Fsp3) is 0. The van der Waals surface area contributed by atoms with Gasteiger partial charge >= 0.3 is 0 Å². The van der Waals surface area contributed by atoms with Crippen molar-refractivity contribution in [2.45, 2.75) is 4.90 Å². The quantitative estimate of drug-likeness (QED) is 0.398. The third-order valence-corrected chi connectivity index (χ3v) is 1.70. The van der Waals surface area contributed by atoms with Gasteiger partial charge in [-0.2, -0.15) is 0 Å². The Morgan fingerprint density at radius 2 is 1.90 bits per heavy atom. The molecule has 0 amide bonds. The molecular weight excluding hydrogens is 146 g/mol. The van der Waals surface area contributed by atoms with Gasteiger partial charge in [0.05, 0.1) is 0 Å². The monoisotopic (exact) mass is 153 g/mol. The lowest BCUT2D eigenvalue weighted by Crippen LogP contribution is -1.81. The topological polar surface area (TPSA) is 43.1 Å². The number of nitrogen functional groups attached to an aromatic ring is 1. The molecule has 1 rings (SSSR count). The van der Waals surface area contributed by atoms with Crippen molar-refractivity contribution < 1.29 is 4.79 Å². The highest BCUT2D eigenvalue weighted by Gasteiger charge is 1.89. The fourth-order valence-corrected chi connectivity index (χ4v) is 1.01. The average Bonchev–Trinajstić information content (AvgIpc) is 1.95. The van der Waals surface area contributed by atoms with Gasteiger partial charge in [-0.3, -0.25) is 4.79 Å². The summed E-state index contributed by atoms with van der Waals surface area (Å²) in [6.45, 7) is 0. The van der Waals surface area contributed by atoms with Crippen LogP contribution in [0.5, 0.6) is 0 Å². The molecule has 0 radical (unpaired) electrons. The second-order valence-corrected chi connectivity index (χ2v) is 2.68. The van der Waals surface area contributed by atoms with Crippen LogP contribution in [-0.2, 0) is 4.79 Å². The third-order valence-electron chi connectivity index (χ3n) is 1.06. The Bertz CT molecular complexity index is 220. The van der Waals surface area contributed by atoms with Crippen molar-refractivity contribution in [3.8, 4) is 0 Å². The van der Waals surface area contributed by atoms with Crippen molar-refractivity contribution >= 4 is 23.1 Å². The molecule has 1 aromatic rings. The number of carbonyl (C=O) groups excluding carboxylic acids is 1. The summed E-state index contributed by atoms with van der Waals surface area (Å²) in [4.78, 5) is 10.9. The summed E-state index contributed by atoms with van der Waals surface area (Å²) in [7, 11) is 0. The van der Waals surface area contributed by atoms with Crippen molar-refractivity contribution in [2.75, 3.05) is 5.73 Å². The summed E-state index contributed by atoms with van der Waals surface area (Å²) in [6, 6.07) is 7.17. The molecule has 0 aliphatic heterocycles. The van der Waals surface area contributed by atoms with E-state index in [4.69, 9.17) is 5.73 Å². The van der Waals surface area contributed by atoms with Gasteiger partial charge in [0, 0.05) is 10.6 Å². The van der Waals surface area contributed by atoms with Crippen LogP contribution in [0.25, 0.3) is 0 Å². The largest absolute Gasteiger partial charge is 0.399 e. The molecule has 2 N–H and O–H groups in total. The van der Waals surface area contributed by atoms with Crippen molar-refractivity contribution in [3.05, 3.63) is 24.3 Å². The number of hydrogen-bond acceptors (Lipinski definition) is 3. The highest BCUT2D eigenvalue weighted by atomic mass is 32.2. The van der Waals surface area contributed by atoms with Gasteiger partial charge in [0.25, 0.3) is 0 Å². The maximum absolute atomic E-state index is 9.99. The van der Waals surface area contributed by atoms with Crippen LogP contribution in [-0.4, -0.2) is 5.62 Å². The lowest BCUT2D eigenvalue weighted by atomic mass is 10.3. The van der Waals surface area contributed by atoms with Gasteiger partial charge in [-0.1, -0.05) is 11.8 Å². The molecule has 0 fully saturated rings. The molecule has 0 bridgehead atoms. The molecule has 10 heavy (non-hydrogen) atoms. The molecule has 1 aromatic carbocycles. The smallest absolute Gasteiger partial charge is 0.180 e. The van der Waals surface area contributed by atoms with Crippen molar-refractivity contribution in [1.82, 2.24) is 0 Å². The number of thioether (sulfide) groups is 1. The van der Waals surface area contributed by atoms with Crippen LogP contribution >= 0.6 is 11.8 Å². The van der Waals surface area contributed by atoms with E-state index < -0.39 is 0 Å². The first-order chi connectivity index (χ1) is 4.83. The molecule has 0 saturated heterocycles. The first kappa shape index (κ1) is 7.15. The molecule has 2 nitrogen and oxygen atoms in total. The Hall–Kier alpha value is -0.960. The lowest BCUT2D eigenvalue weighted by Gasteiger charge is -1.93. The molecular formula is C7H7NOS. The number of hydrogen-bond donors (Lipinski definition) is 1. The maximum atomic E-state index is 9.99. The number of benzene rings is 1. The number of nitrogens with two attached hydrogens (primary N) is 1. The van der Waals surface area contributed by atoms with E-state index in [1.54, 1.807) is 12.1 Å². The molecule has 0 saturated carbocycles. The molecule has 0 atom stereocenters. The molecule has 0 unspecified atom stereocenters. The zero-order chi connectivity index (χ0) is 7.40. The van der Waals surface area contributed by atoms with Gasteiger partial charge < -0.3 is 5.73 Å². The molecule has 0 heterocycles. The van der Waals surface area contributed by atoms with Crippen LogP contribution in [0.2, 0.25) is 0 Å². The molecule has 0 spiro atoms. The molecule has 0 aromatic heterocycles. The van der Waals surface area contributed by atoms with E-state index >= 15 is 0 Å². The van der Waals surface area contributed by atoms with Crippen LogP contribution in [0.4, 0.5) is 5.69 Å². The third kappa shape index (κ3) is 1.77. The number of carbonyl (C=O) groups is 1. The first-order valence-electron chi connectivity index (χ1n) is 2.79. The Morgan fingerprint density at radius 1 is 1.30 bits per heavy atom. The van der Waals surface area contributed by atoms with Gasteiger partial charge in [-0.05, 0) is 24.3 Å². The van der Waals surface area contributed by atoms with E-state index in [9.17, 15) is 4.79 Å². The van der Waals surface area contributed by atoms with Gasteiger partial charge in [0.2, 0.25) is 0 Å². The van der Waals surface area contributed by atoms with Crippen molar-refractivity contribution in [1.29, 1.82) is 0 Å². The fourth-order valence-electron chi connectivity index (χ4n) is 0.602. The first-order valence-corrected chi connectivity index (χ1v) is 3.67. The normalized spacial score (nSPS) is 9.20. The van der Waals surface area contributed by atoms with Gasteiger partial charge in [0.1, 0.15) is 0 Å². The second-order valence-electron chi connectivity index (χ2n) is 1.78. The predicted molar refractivity (Wildman–Crippen MR) is 43.5 cm³/mol. The zero-order valence-corrected chi connectivity index (χ0v) is 6.10. The van der Waals surface area contributed by atoms with E-state index in [1.807, 2.05) is 12.1 Å². The Labute approximate surface area is 63.4 Å². The number of anilines is 1. The van der Waals surface area contributed by atoms with Crippen LogP contribution in [0.15, 0.2) is 29.2 Å². The molecule has 52 valence electrons. The van der Waals surface area contributed by atoms with Crippen LogP contribution in [0, 0.1) is 0 Å². The summed E-state index contributed by atoms with van der Waals surface area (Å²) >= 11 is 1.15. The lowest BCUT2D eigenvalue weighted by molar-refractivity contribution is 0.570. The predicted octanol–water partition coefficient (Wildman–Crippen LogP) is 1.55. The summed E-state index contributed by atoms with van der Waals surface area (Å²) in [5.74, 6) is 0.